The standard InChI is InChI=1S/C22H25BrN2O3S/c1-15-3-6-20(7-4-15)29(27,28)24-11-9-17(10-12-24)22(26)25-16(2)13-18-14-19(23)5-8-21(18)25/h3-8,14,16-17H,9-13H2,1-2H3. The molecule has 2 aliphatic heterocycles. The van der Waals surface area contributed by atoms with Crippen LogP contribution in [-0.4, -0.2) is 37.8 Å². The van der Waals surface area contributed by atoms with Crippen molar-refractivity contribution in [3.8, 4) is 0 Å². The summed E-state index contributed by atoms with van der Waals surface area (Å²) in [5.74, 6) is -0.0255. The van der Waals surface area contributed by atoms with Gasteiger partial charge in [-0.25, -0.2) is 8.42 Å². The number of nitrogens with zero attached hydrogens (tertiary/aromatic N) is 2. The van der Waals surface area contributed by atoms with Crippen LogP contribution >= 0.6 is 15.9 Å². The number of anilines is 1. The van der Waals surface area contributed by atoms with Gasteiger partial charge in [-0.2, -0.15) is 4.31 Å². The first-order chi connectivity index (χ1) is 13.8. The Morgan fingerprint density at radius 2 is 1.72 bits per heavy atom. The molecule has 5 nitrogen and oxygen atoms in total. The van der Waals surface area contributed by atoms with Gasteiger partial charge in [0.15, 0.2) is 0 Å². The minimum absolute atomic E-state index is 0.117. The van der Waals surface area contributed by atoms with Crippen molar-refractivity contribution >= 4 is 37.5 Å². The molecule has 1 saturated heterocycles. The maximum absolute atomic E-state index is 13.3. The Labute approximate surface area is 180 Å². The third-order valence-corrected chi connectivity index (χ3v) is 8.36. The van der Waals surface area contributed by atoms with Gasteiger partial charge >= 0.3 is 0 Å². The van der Waals surface area contributed by atoms with Gasteiger partial charge in [0.05, 0.1) is 4.90 Å². The number of carbonyl (C=O) groups is 1. The number of hydrogen-bond donors (Lipinski definition) is 0. The summed E-state index contributed by atoms with van der Waals surface area (Å²) in [6.07, 6.45) is 1.96. The maximum atomic E-state index is 13.3. The topological polar surface area (TPSA) is 57.7 Å². The van der Waals surface area contributed by atoms with E-state index in [0.717, 1.165) is 22.1 Å². The molecule has 1 atom stereocenters. The molecular formula is C22H25BrN2O3S. The van der Waals surface area contributed by atoms with Crippen LogP contribution in [0.15, 0.2) is 51.8 Å². The van der Waals surface area contributed by atoms with Gasteiger partial charge in [-0.1, -0.05) is 33.6 Å². The molecule has 2 aromatic rings. The van der Waals surface area contributed by atoms with Crippen LogP contribution < -0.4 is 4.90 Å². The van der Waals surface area contributed by atoms with Gasteiger partial charge in [-0.15, -0.1) is 0 Å². The Balaban J connectivity index is 1.46. The van der Waals surface area contributed by atoms with Crippen LogP contribution in [0.5, 0.6) is 0 Å². The van der Waals surface area contributed by atoms with Crippen molar-refractivity contribution in [2.24, 2.45) is 5.92 Å². The number of amides is 1. The quantitative estimate of drug-likeness (QED) is 0.668. The summed E-state index contributed by atoms with van der Waals surface area (Å²) in [6.45, 7) is 4.76. The molecule has 0 aliphatic carbocycles. The second kappa shape index (κ2) is 7.85. The van der Waals surface area contributed by atoms with Gasteiger partial charge in [0, 0.05) is 35.2 Å². The second-order valence-electron chi connectivity index (χ2n) is 8.03. The molecule has 2 aliphatic rings. The second-order valence-corrected chi connectivity index (χ2v) is 10.9. The highest BCUT2D eigenvalue weighted by molar-refractivity contribution is 9.10. The summed E-state index contributed by atoms with van der Waals surface area (Å²) in [5, 5.41) is 0. The lowest BCUT2D eigenvalue weighted by Gasteiger charge is -2.34. The van der Waals surface area contributed by atoms with Crippen LogP contribution in [0.25, 0.3) is 0 Å². The van der Waals surface area contributed by atoms with Gasteiger partial charge in [0.2, 0.25) is 15.9 Å². The van der Waals surface area contributed by atoms with E-state index in [4.69, 9.17) is 0 Å². The van der Waals surface area contributed by atoms with E-state index in [1.807, 2.05) is 36.1 Å². The number of carbonyl (C=O) groups excluding carboxylic acids is 1. The molecule has 2 aromatic carbocycles. The largest absolute Gasteiger partial charge is 0.309 e. The third-order valence-electron chi connectivity index (χ3n) is 5.96. The predicted molar refractivity (Wildman–Crippen MR) is 117 cm³/mol. The van der Waals surface area contributed by atoms with E-state index in [9.17, 15) is 13.2 Å². The van der Waals surface area contributed by atoms with Crippen molar-refractivity contribution in [3.05, 3.63) is 58.1 Å². The monoisotopic (exact) mass is 476 g/mol. The third kappa shape index (κ3) is 3.88. The Bertz CT molecular complexity index is 1030. The Morgan fingerprint density at radius 3 is 2.38 bits per heavy atom. The number of piperidine rings is 1. The average Bonchev–Trinajstić information content (AvgIpc) is 3.02. The van der Waals surface area contributed by atoms with Crippen molar-refractivity contribution in [2.45, 2.75) is 44.0 Å². The van der Waals surface area contributed by atoms with Gasteiger partial charge in [0.25, 0.3) is 0 Å². The summed E-state index contributed by atoms with van der Waals surface area (Å²) >= 11 is 3.50. The maximum Gasteiger partial charge on any atom is 0.243 e. The highest BCUT2D eigenvalue weighted by atomic mass is 79.9. The van der Waals surface area contributed by atoms with Crippen molar-refractivity contribution in [1.82, 2.24) is 4.31 Å². The lowest BCUT2D eigenvalue weighted by Crippen LogP contribution is -2.46. The lowest BCUT2D eigenvalue weighted by atomic mass is 9.96. The van der Waals surface area contributed by atoms with E-state index in [-0.39, 0.29) is 17.9 Å². The molecule has 0 spiro atoms. The molecule has 29 heavy (non-hydrogen) atoms. The van der Waals surface area contributed by atoms with Crippen LogP contribution in [0, 0.1) is 12.8 Å². The Hall–Kier alpha value is -1.70. The summed E-state index contributed by atoms with van der Waals surface area (Å²) in [4.78, 5) is 15.5. The summed E-state index contributed by atoms with van der Waals surface area (Å²) in [7, 11) is -3.51. The van der Waals surface area contributed by atoms with Crippen molar-refractivity contribution < 1.29 is 13.2 Å². The van der Waals surface area contributed by atoms with Crippen LogP contribution in [-0.2, 0) is 21.2 Å². The highest BCUT2D eigenvalue weighted by Crippen LogP contribution is 2.36. The summed E-state index contributed by atoms with van der Waals surface area (Å²) in [6, 6.07) is 13.1. The van der Waals surface area contributed by atoms with E-state index < -0.39 is 10.0 Å². The van der Waals surface area contributed by atoms with E-state index in [2.05, 4.69) is 28.9 Å². The number of rotatable bonds is 3. The van der Waals surface area contributed by atoms with Gasteiger partial charge in [-0.05, 0) is 69.0 Å². The zero-order valence-electron chi connectivity index (χ0n) is 16.6. The predicted octanol–water partition coefficient (Wildman–Crippen LogP) is 4.14. The van der Waals surface area contributed by atoms with Crippen LogP contribution in [0.3, 0.4) is 0 Å². The normalized spacial score (nSPS) is 20.7. The molecule has 0 bridgehead atoms. The van der Waals surface area contributed by atoms with E-state index >= 15 is 0 Å². The fourth-order valence-corrected chi connectivity index (χ4v) is 6.21. The first-order valence-electron chi connectivity index (χ1n) is 9.95. The highest BCUT2D eigenvalue weighted by Gasteiger charge is 2.38. The molecule has 7 heteroatoms. The summed E-state index contributed by atoms with van der Waals surface area (Å²) in [5.41, 5.74) is 3.19. The van der Waals surface area contributed by atoms with E-state index in [1.165, 1.54) is 9.87 Å². The molecule has 0 aromatic heterocycles. The first-order valence-corrected chi connectivity index (χ1v) is 12.2. The molecule has 0 N–H and O–H groups in total. The van der Waals surface area contributed by atoms with Crippen molar-refractivity contribution in [3.63, 3.8) is 0 Å². The van der Waals surface area contributed by atoms with Gasteiger partial charge in [0.1, 0.15) is 0 Å². The average molecular weight is 477 g/mol. The summed E-state index contributed by atoms with van der Waals surface area (Å²) < 4.78 is 28.3. The molecule has 154 valence electrons. The molecule has 2 heterocycles. The molecule has 1 unspecified atom stereocenters. The van der Waals surface area contributed by atoms with Crippen LogP contribution in [0.2, 0.25) is 0 Å². The number of benzene rings is 2. The Morgan fingerprint density at radius 1 is 1.07 bits per heavy atom. The lowest BCUT2D eigenvalue weighted by molar-refractivity contribution is -0.123. The fourth-order valence-electron chi connectivity index (χ4n) is 4.33. The minimum atomic E-state index is -3.51. The number of aryl methyl sites for hydroxylation is 1. The molecule has 4 rings (SSSR count). The van der Waals surface area contributed by atoms with Crippen molar-refractivity contribution in [2.75, 3.05) is 18.0 Å². The molecular weight excluding hydrogens is 452 g/mol. The van der Waals surface area contributed by atoms with Crippen LogP contribution in [0.1, 0.15) is 30.9 Å². The number of sulfonamides is 1. The molecule has 0 radical (unpaired) electrons. The van der Waals surface area contributed by atoms with E-state index in [0.29, 0.717) is 30.8 Å². The van der Waals surface area contributed by atoms with Gasteiger partial charge < -0.3 is 4.90 Å². The molecule has 0 saturated carbocycles. The zero-order chi connectivity index (χ0) is 20.8. The first kappa shape index (κ1) is 20.6. The number of hydrogen-bond acceptors (Lipinski definition) is 3. The SMILES string of the molecule is Cc1ccc(S(=O)(=O)N2CCC(C(=O)N3c4ccc(Br)cc4CC3C)CC2)cc1. The van der Waals surface area contributed by atoms with E-state index in [1.54, 1.807) is 12.1 Å². The fraction of sp³-hybridized carbons (Fsp3) is 0.409. The van der Waals surface area contributed by atoms with Gasteiger partial charge in [-0.3, -0.25) is 4.79 Å². The minimum Gasteiger partial charge on any atom is -0.309 e. The number of halogens is 1. The molecule has 1 amide bonds. The number of fused-ring (bicyclic) bond motifs is 1. The zero-order valence-corrected chi connectivity index (χ0v) is 19.0. The van der Waals surface area contributed by atoms with Crippen LogP contribution in [0.4, 0.5) is 5.69 Å². The van der Waals surface area contributed by atoms with Crippen molar-refractivity contribution in [1.29, 1.82) is 0 Å². The smallest absolute Gasteiger partial charge is 0.243 e. The molecule has 1 fully saturated rings. The Kier molecular flexibility index (Phi) is 5.57.